The number of likely N-dealkylation sites (tertiary alicyclic amines) is 1. The Bertz CT molecular complexity index is 677. The van der Waals surface area contributed by atoms with Crippen LogP contribution < -0.4 is 0 Å². The van der Waals surface area contributed by atoms with Crippen LogP contribution in [0.2, 0.25) is 0 Å². The average molecular weight is 314 g/mol. The number of imidazole rings is 1. The molecule has 0 N–H and O–H groups in total. The number of halogens is 3. The number of alkyl halides is 3. The standard InChI is InChI=1S/C13H13F3N4O2/c14-13(15,16)22-12(21)19-6-3-9(4-7-19)20-8-18-11-10(20)2-1-5-17-11/h1-2,5,8-9H,3-4,6-7H2. The van der Waals surface area contributed by atoms with Crippen LogP contribution in [-0.2, 0) is 4.74 Å². The molecule has 0 atom stereocenters. The molecule has 118 valence electrons. The maximum absolute atomic E-state index is 12.0. The van der Waals surface area contributed by atoms with Gasteiger partial charge in [0, 0.05) is 25.3 Å². The Kier molecular flexibility index (Phi) is 3.63. The maximum atomic E-state index is 12.0. The number of piperidine rings is 1. The Balaban J connectivity index is 1.66. The number of amides is 1. The van der Waals surface area contributed by atoms with E-state index in [1.807, 2.05) is 10.6 Å². The minimum Gasteiger partial charge on any atom is -0.356 e. The summed E-state index contributed by atoms with van der Waals surface area (Å²) in [7, 11) is 0. The summed E-state index contributed by atoms with van der Waals surface area (Å²) in [5, 5.41) is 0. The number of fused-ring (bicyclic) bond motifs is 1. The van der Waals surface area contributed by atoms with Crippen molar-refractivity contribution >= 4 is 17.3 Å². The predicted molar refractivity (Wildman–Crippen MR) is 69.9 cm³/mol. The molecule has 1 fully saturated rings. The zero-order valence-corrected chi connectivity index (χ0v) is 11.5. The molecule has 2 aromatic rings. The molecule has 0 bridgehead atoms. The van der Waals surface area contributed by atoms with E-state index in [1.54, 1.807) is 18.6 Å². The fourth-order valence-corrected chi connectivity index (χ4v) is 2.65. The van der Waals surface area contributed by atoms with E-state index in [0.717, 1.165) is 10.4 Å². The van der Waals surface area contributed by atoms with Crippen LogP contribution in [0.5, 0.6) is 0 Å². The number of carbonyl (C=O) groups is 1. The van der Waals surface area contributed by atoms with Crippen LogP contribution >= 0.6 is 0 Å². The fraction of sp³-hybridized carbons (Fsp3) is 0.462. The van der Waals surface area contributed by atoms with Gasteiger partial charge in [0.2, 0.25) is 0 Å². The number of nitrogens with zero attached hydrogens (tertiary/aromatic N) is 4. The minimum atomic E-state index is -4.94. The van der Waals surface area contributed by atoms with Crippen molar-refractivity contribution in [3.8, 4) is 0 Å². The van der Waals surface area contributed by atoms with Crippen LogP contribution in [0.25, 0.3) is 11.2 Å². The lowest BCUT2D eigenvalue weighted by molar-refractivity contribution is -0.295. The molecule has 0 aliphatic carbocycles. The van der Waals surface area contributed by atoms with E-state index in [1.165, 1.54) is 0 Å². The third-order valence-electron chi connectivity index (χ3n) is 3.67. The molecule has 6 nitrogen and oxygen atoms in total. The highest BCUT2D eigenvalue weighted by Gasteiger charge is 2.37. The predicted octanol–water partition coefficient (Wildman–Crippen LogP) is 2.72. The van der Waals surface area contributed by atoms with Gasteiger partial charge in [-0.1, -0.05) is 0 Å². The monoisotopic (exact) mass is 314 g/mol. The lowest BCUT2D eigenvalue weighted by Crippen LogP contribution is -2.41. The third-order valence-corrected chi connectivity index (χ3v) is 3.67. The summed E-state index contributed by atoms with van der Waals surface area (Å²) < 4.78 is 41.5. The second kappa shape index (κ2) is 5.47. The number of hydrogen-bond acceptors (Lipinski definition) is 4. The van der Waals surface area contributed by atoms with Gasteiger partial charge >= 0.3 is 12.5 Å². The first-order valence-corrected chi connectivity index (χ1v) is 6.76. The lowest BCUT2D eigenvalue weighted by Gasteiger charge is -2.32. The molecule has 0 saturated carbocycles. The second-order valence-electron chi connectivity index (χ2n) is 5.03. The molecule has 3 rings (SSSR count). The van der Waals surface area contributed by atoms with E-state index >= 15 is 0 Å². The summed E-state index contributed by atoms with van der Waals surface area (Å²) in [6.45, 7) is 0.416. The quantitative estimate of drug-likeness (QED) is 0.812. The second-order valence-corrected chi connectivity index (χ2v) is 5.03. The van der Waals surface area contributed by atoms with E-state index in [9.17, 15) is 18.0 Å². The third kappa shape index (κ3) is 2.97. The molecule has 1 aliphatic rings. The summed E-state index contributed by atoms with van der Waals surface area (Å²) in [5.41, 5.74) is 1.50. The minimum absolute atomic E-state index is 0.0733. The van der Waals surface area contributed by atoms with Crippen LogP contribution in [-0.4, -0.2) is 45.0 Å². The van der Waals surface area contributed by atoms with Crippen molar-refractivity contribution in [2.24, 2.45) is 0 Å². The molecule has 0 unspecified atom stereocenters. The Labute approximate surface area is 123 Å². The van der Waals surface area contributed by atoms with Gasteiger partial charge < -0.3 is 14.2 Å². The van der Waals surface area contributed by atoms with Crippen molar-refractivity contribution in [1.29, 1.82) is 0 Å². The van der Waals surface area contributed by atoms with Gasteiger partial charge in [0.05, 0.1) is 11.8 Å². The molecule has 9 heteroatoms. The zero-order chi connectivity index (χ0) is 15.7. The van der Waals surface area contributed by atoms with E-state index in [0.29, 0.717) is 18.5 Å². The van der Waals surface area contributed by atoms with Crippen molar-refractivity contribution in [1.82, 2.24) is 19.4 Å². The molecule has 0 aromatic carbocycles. The van der Waals surface area contributed by atoms with Crippen molar-refractivity contribution < 1.29 is 22.7 Å². The first-order valence-electron chi connectivity index (χ1n) is 6.76. The zero-order valence-electron chi connectivity index (χ0n) is 11.5. The SMILES string of the molecule is O=C(OC(F)(F)F)N1CCC(n2cnc3ncccc32)CC1. The Morgan fingerprint density at radius 3 is 2.68 bits per heavy atom. The van der Waals surface area contributed by atoms with E-state index in [2.05, 4.69) is 14.7 Å². The molecule has 0 spiro atoms. The smallest absolute Gasteiger partial charge is 0.356 e. The molecular weight excluding hydrogens is 301 g/mol. The highest BCUT2D eigenvalue weighted by molar-refractivity contribution is 5.70. The first kappa shape index (κ1) is 14.6. The van der Waals surface area contributed by atoms with Crippen LogP contribution in [0.3, 0.4) is 0 Å². The fourth-order valence-electron chi connectivity index (χ4n) is 2.65. The summed E-state index contributed by atoms with van der Waals surface area (Å²) in [6.07, 6.45) is -1.90. The van der Waals surface area contributed by atoms with Crippen molar-refractivity contribution in [2.75, 3.05) is 13.1 Å². The summed E-state index contributed by atoms with van der Waals surface area (Å²) in [5.74, 6) is 0. The van der Waals surface area contributed by atoms with Gasteiger partial charge in [0.25, 0.3) is 0 Å². The Morgan fingerprint density at radius 1 is 1.27 bits per heavy atom. The van der Waals surface area contributed by atoms with Crippen LogP contribution in [0.4, 0.5) is 18.0 Å². The number of carbonyl (C=O) groups excluding carboxylic acids is 1. The molecule has 22 heavy (non-hydrogen) atoms. The topological polar surface area (TPSA) is 60.2 Å². The highest BCUT2D eigenvalue weighted by Crippen LogP contribution is 2.27. The van der Waals surface area contributed by atoms with Gasteiger partial charge in [-0.25, -0.2) is 14.8 Å². The molecular formula is C13H13F3N4O2. The van der Waals surface area contributed by atoms with E-state index in [-0.39, 0.29) is 19.1 Å². The van der Waals surface area contributed by atoms with Crippen LogP contribution in [0, 0.1) is 0 Å². The van der Waals surface area contributed by atoms with Crippen LogP contribution in [0.1, 0.15) is 18.9 Å². The normalized spacial score (nSPS) is 17.0. The van der Waals surface area contributed by atoms with Gasteiger partial charge in [-0.05, 0) is 25.0 Å². The first-order chi connectivity index (χ1) is 10.4. The van der Waals surface area contributed by atoms with Gasteiger partial charge in [-0.15, -0.1) is 13.2 Å². The highest BCUT2D eigenvalue weighted by atomic mass is 19.4. The van der Waals surface area contributed by atoms with Gasteiger partial charge in [0.15, 0.2) is 5.65 Å². The maximum Gasteiger partial charge on any atom is 0.576 e. The van der Waals surface area contributed by atoms with E-state index < -0.39 is 12.5 Å². The molecule has 2 aromatic heterocycles. The summed E-state index contributed by atoms with van der Waals surface area (Å²) in [4.78, 5) is 20.8. The van der Waals surface area contributed by atoms with Gasteiger partial charge in [-0.2, -0.15) is 0 Å². The number of aromatic nitrogens is 3. The average Bonchev–Trinajstić information content (AvgIpc) is 2.89. The number of rotatable bonds is 1. The Hall–Kier alpha value is -2.32. The van der Waals surface area contributed by atoms with Crippen molar-refractivity contribution in [2.45, 2.75) is 25.2 Å². The summed E-state index contributed by atoms with van der Waals surface area (Å²) in [6, 6.07) is 3.76. The van der Waals surface area contributed by atoms with Crippen molar-refractivity contribution in [3.05, 3.63) is 24.7 Å². The molecule has 0 radical (unpaired) electrons. The van der Waals surface area contributed by atoms with E-state index in [4.69, 9.17) is 0 Å². The van der Waals surface area contributed by atoms with Crippen LogP contribution in [0.15, 0.2) is 24.7 Å². The molecule has 1 saturated heterocycles. The largest absolute Gasteiger partial charge is 0.576 e. The Morgan fingerprint density at radius 2 is 2.00 bits per heavy atom. The van der Waals surface area contributed by atoms with Crippen molar-refractivity contribution in [3.63, 3.8) is 0 Å². The molecule has 1 amide bonds. The lowest BCUT2D eigenvalue weighted by atomic mass is 10.1. The van der Waals surface area contributed by atoms with Gasteiger partial charge in [-0.3, -0.25) is 0 Å². The molecule has 3 heterocycles. The van der Waals surface area contributed by atoms with Gasteiger partial charge in [0.1, 0.15) is 0 Å². The summed E-state index contributed by atoms with van der Waals surface area (Å²) >= 11 is 0. The number of pyridine rings is 1. The molecule has 1 aliphatic heterocycles. The number of ether oxygens (including phenoxy) is 1. The number of hydrogen-bond donors (Lipinski definition) is 0.